The molecule has 0 aliphatic rings. The Morgan fingerprint density at radius 2 is 0.658 bits per heavy atom. The molecule has 5 aromatic carbocycles. The maximum absolute atomic E-state index is 5.17. The summed E-state index contributed by atoms with van der Waals surface area (Å²) < 4.78 is 0. The van der Waals surface area contributed by atoms with Crippen LogP contribution in [0.15, 0.2) is 140 Å². The maximum atomic E-state index is 5.17. The van der Waals surface area contributed by atoms with Crippen LogP contribution in [0.4, 0.5) is 0 Å². The number of hydrogen-bond acceptors (Lipinski definition) is 6. The second-order valence-corrected chi connectivity index (χ2v) is 19.7. The molecule has 1 radical (unpaired) electrons. The average Bonchev–Trinajstić information content (AvgIpc) is 3.44. The molecule has 73 heavy (non-hydrogen) atoms. The van der Waals surface area contributed by atoms with Gasteiger partial charge in [0, 0.05) is 54.1 Å². The van der Waals surface area contributed by atoms with Crippen LogP contribution in [0.1, 0.15) is 153 Å². The summed E-state index contributed by atoms with van der Waals surface area (Å²) in [7, 11) is 0. The van der Waals surface area contributed by atoms with Gasteiger partial charge in [-0.15, -0.1) is 29.8 Å². The van der Waals surface area contributed by atoms with Gasteiger partial charge in [0.25, 0.3) is 0 Å². The summed E-state index contributed by atoms with van der Waals surface area (Å²) in [6, 6.07) is 51.3. The van der Waals surface area contributed by atoms with E-state index in [4.69, 9.17) is 29.9 Å². The van der Waals surface area contributed by atoms with E-state index in [9.17, 15) is 0 Å². The van der Waals surface area contributed by atoms with Crippen molar-refractivity contribution in [2.24, 2.45) is 0 Å². The van der Waals surface area contributed by atoms with Gasteiger partial charge in [0.2, 0.25) is 0 Å². The predicted molar refractivity (Wildman–Crippen MR) is 301 cm³/mol. The molecule has 379 valence electrons. The van der Waals surface area contributed by atoms with Crippen molar-refractivity contribution in [3.63, 3.8) is 0 Å². The zero-order valence-electron chi connectivity index (χ0n) is 43.9. The second-order valence-electron chi connectivity index (χ2n) is 19.7. The number of nitrogens with zero attached hydrogens (tertiary/aromatic N) is 6. The Labute approximate surface area is 450 Å². The van der Waals surface area contributed by atoms with Crippen molar-refractivity contribution in [3.05, 3.63) is 168 Å². The van der Waals surface area contributed by atoms with Crippen molar-refractivity contribution >= 4 is 0 Å². The van der Waals surface area contributed by atoms with Gasteiger partial charge in [-0.25, -0.2) is 24.9 Å². The van der Waals surface area contributed by atoms with E-state index in [1.165, 1.54) is 125 Å². The minimum absolute atomic E-state index is 0. The van der Waals surface area contributed by atoms with E-state index >= 15 is 0 Å². The molecule has 0 unspecified atom stereocenters. The van der Waals surface area contributed by atoms with Gasteiger partial charge in [0.05, 0.1) is 11.4 Å². The summed E-state index contributed by atoms with van der Waals surface area (Å²) >= 11 is 0. The molecule has 3 heterocycles. The quantitative estimate of drug-likeness (QED) is 0.0377. The normalized spacial score (nSPS) is 11.2. The Kier molecular flexibility index (Phi) is 21.8. The number of pyridine rings is 1. The number of unbranched alkanes of at least 4 members (excludes halogenated alkanes) is 12. The smallest absolute Gasteiger partial charge is 0.165 e. The number of benzene rings is 5. The molecule has 7 heteroatoms. The topological polar surface area (TPSA) is 77.3 Å². The van der Waals surface area contributed by atoms with Crippen LogP contribution in [0.5, 0.6) is 0 Å². The van der Waals surface area contributed by atoms with Crippen LogP contribution in [0.2, 0.25) is 0 Å². The maximum Gasteiger partial charge on any atom is 0.165 e. The van der Waals surface area contributed by atoms with Crippen molar-refractivity contribution in [1.29, 1.82) is 0 Å². The fourth-order valence-electron chi connectivity index (χ4n) is 9.39. The van der Waals surface area contributed by atoms with Crippen LogP contribution >= 0.6 is 0 Å². The Morgan fingerprint density at radius 3 is 1.00 bits per heavy atom. The summed E-state index contributed by atoms with van der Waals surface area (Å²) in [5.41, 5.74) is 14.8. The van der Waals surface area contributed by atoms with E-state index in [-0.39, 0.29) is 20.1 Å². The Hall–Kier alpha value is -6.01. The third kappa shape index (κ3) is 16.0. The number of hydrogen-bond donors (Lipinski definition) is 0. The van der Waals surface area contributed by atoms with Crippen LogP contribution in [-0.4, -0.2) is 29.9 Å². The molecule has 8 aromatic rings. The molecule has 0 bridgehead atoms. The first-order chi connectivity index (χ1) is 35.5. The fraction of sp³-hybridized carbons (Fsp3) is 0.364. The molecule has 0 spiro atoms. The van der Waals surface area contributed by atoms with Gasteiger partial charge in [-0.05, 0) is 85.4 Å². The molecule has 6 nitrogen and oxygen atoms in total. The third-order valence-corrected chi connectivity index (χ3v) is 13.9. The first kappa shape index (κ1) is 54.8. The Morgan fingerprint density at radius 1 is 0.315 bits per heavy atom. The van der Waals surface area contributed by atoms with E-state index < -0.39 is 0 Å². The molecule has 0 fully saturated rings. The minimum atomic E-state index is 0. The molecule has 0 aliphatic heterocycles. The van der Waals surface area contributed by atoms with Crippen molar-refractivity contribution in [2.75, 3.05) is 0 Å². The van der Waals surface area contributed by atoms with Gasteiger partial charge in [-0.3, -0.25) is 0 Å². The zero-order valence-corrected chi connectivity index (χ0v) is 46.3. The van der Waals surface area contributed by atoms with E-state index in [2.05, 4.69) is 155 Å². The van der Waals surface area contributed by atoms with Crippen LogP contribution in [0, 0.1) is 6.07 Å². The summed E-state index contributed by atoms with van der Waals surface area (Å²) in [6.45, 7) is 9.04. The monoisotopic (exact) mass is 1140 g/mol. The first-order valence-electron chi connectivity index (χ1n) is 27.5. The van der Waals surface area contributed by atoms with Gasteiger partial charge in [-0.2, -0.15) is 0 Å². The molecular weight excluding hydrogens is 1070 g/mol. The predicted octanol–water partition coefficient (Wildman–Crippen LogP) is 18.0. The summed E-state index contributed by atoms with van der Waals surface area (Å²) in [6.07, 6.45) is 26.3. The van der Waals surface area contributed by atoms with Crippen LogP contribution in [0.3, 0.4) is 0 Å². The summed E-state index contributed by atoms with van der Waals surface area (Å²) in [5.74, 6) is 2.58. The second kappa shape index (κ2) is 29.0. The minimum Gasteiger partial charge on any atom is -0.304 e. The molecular formula is C66H75IrN6-. The molecule has 8 rings (SSSR count). The standard InChI is InChI=1S/C66H75N6.Ir/c1-5-9-13-17-21-49-25-33-54(34-26-49)61-47-62(55-35-27-50(28-36-55)22-18-14-10-6-2)69-63(68-61)58-43-41-53(42-44-58)60-46-45-59(48-67-60)66-71-64(56-37-29-51(30-38-56)23-19-15-11-7-3)70-65(72-66)57-39-31-52(32-40-57)24-20-16-12-8-4;/h25-41,43-48H,5-24H2,1-4H3;/q-1;. The zero-order chi connectivity index (χ0) is 49.7. The molecule has 3 aromatic heterocycles. The Bertz CT molecular complexity index is 2510. The third-order valence-electron chi connectivity index (χ3n) is 13.9. The van der Waals surface area contributed by atoms with Gasteiger partial charge < -0.3 is 4.98 Å². The molecule has 0 atom stereocenters. The largest absolute Gasteiger partial charge is 0.304 e. The van der Waals surface area contributed by atoms with Crippen molar-refractivity contribution < 1.29 is 20.1 Å². The van der Waals surface area contributed by atoms with E-state index in [1.807, 2.05) is 18.3 Å². The van der Waals surface area contributed by atoms with Gasteiger partial charge in [0.1, 0.15) is 5.82 Å². The molecule has 0 saturated heterocycles. The first-order valence-corrected chi connectivity index (χ1v) is 27.5. The van der Waals surface area contributed by atoms with Crippen LogP contribution in [0.25, 0.3) is 79.3 Å². The average molecular weight is 1140 g/mol. The van der Waals surface area contributed by atoms with E-state index in [1.54, 1.807) is 0 Å². The van der Waals surface area contributed by atoms with Crippen molar-refractivity contribution in [1.82, 2.24) is 29.9 Å². The number of aromatic nitrogens is 6. The van der Waals surface area contributed by atoms with E-state index in [0.29, 0.717) is 23.3 Å². The molecule has 0 N–H and O–H groups in total. The number of aryl methyl sites for hydroxylation is 4. The SMILES string of the molecule is CCCCCCc1ccc(-c2cc(-c3ccc(CCCCCC)cc3)nc(-c3c[c-]c(-c4ccc(-c5nc(-c6ccc(CCCCCC)cc6)nc(-c6ccc(CCCCCC)cc6)n5)cn4)cc3)n2)cc1.[Ir]. The van der Waals surface area contributed by atoms with Gasteiger partial charge in [0.15, 0.2) is 17.5 Å². The van der Waals surface area contributed by atoms with Gasteiger partial charge in [-0.1, -0.05) is 220 Å². The Balaban J connectivity index is 0.00000780. The number of rotatable bonds is 27. The fourth-order valence-corrected chi connectivity index (χ4v) is 9.39. The summed E-state index contributed by atoms with van der Waals surface area (Å²) in [5, 5.41) is 0. The van der Waals surface area contributed by atoms with Gasteiger partial charge >= 0.3 is 0 Å². The van der Waals surface area contributed by atoms with Crippen molar-refractivity contribution in [2.45, 2.75) is 156 Å². The van der Waals surface area contributed by atoms with E-state index in [0.717, 1.165) is 81.7 Å². The molecule has 0 amide bonds. The van der Waals surface area contributed by atoms with Crippen molar-refractivity contribution in [3.8, 4) is 79.3 Å². The summed E-state index contributed by atoms with van der Waals surface area (Å²) in [4.78, 5) is 30.5. The van der Waals surface area contributed by atoms with Crippen LogP contribution in [-0.2, 0) is 45.8 Å². The van der Waals surface area contributed by atoms with Crippen LogP contribution < -0.4 is 0 Å². The molecule has 0 aliphatic carbocycles. The molecule has 0 saturated carbocycles.